The van der Waals surface area contributed by atoms with Crippen molar-refractivity contribution >= 4 is 23.6 Å². The molecule has 1 unspecified atom stereocenters. The van der Waals surface area contributed by atoms with E-state index in [9.17, 15) is 22.8 Å². The van der Waals surface area contributed by atoms with Crippen molar-refractivity contribution in [3.05, 3.63) is 35.1 Å². The third-order valence-corrected chi connectivity index (χ3v) is 4.26. The van der Waals surface area contributed by atoms with Crippen molar-refractivity contribution in [2.45, 2.75) is 12.5 Å². The van der Waals surface area contributed by atoms with Crippen molar-refractivity contribution in [1.29, 1.82) is 0 Å². The third-order valence-electron chi connectivity index (χ3n) is 3.16. The van der Waals surface area contributed by atoms with Gasteiger partial charge in [-0.25, -0.2) is 13.2 Å². The summed E-state index contributed by atoms with van der Waals surface area (Å²) in [5.74, 6) is -5.55. The Morgan fingerprint density at radius 2 is 2.00 bits per heavy atom. The minimum Gasteiger partial charge on any atom is -0.481 e. The number of hydrogen-bond acceptors (Lipinski definition) is 3. The van der Waals surface area contributed by atoms with Gasteiger partial charge in [-0.3, -0.25) is 9.59 Å². The van der Waals surface area contributed by atoms with Crippen LogP contribution in [0.5, 0.6) is 0 Å². The van der Waals surface area contributed by atoms with Gasteiger partial charge < -0.3 is 10.0 Å². The summed E-state index contributed by atoms with van der Waals surface area (Å²) in [6.07, 6.45) is -0.274. The van der Waals surface area contributed by atoms with Crippen LogP contribution >= 0.6 is 11.8 Å². The van der Waals surface area contributed by atoms with Crippen molar-refractivity contribution < 1.29 is 27.9 Å². The van der Waals surface area contributed by atoms with Crippen LogP contribution in [-0.4, -0.2) is 46.0 Å². The number of halogens is 3. The predicted molar refractivity (Wildman–Crippen MR) is 70.7 cm³/mol. The van der Waals surface area contributed by atoms with Gasteiger partial charge in [-0.2, -0.15) is 11.8 Å². The summed E-state index contributed by atoms with van der Waals surface area (Å²) < 4.78 is 39.8. The fourth-order valence-electron chi connectivity index (χ4n) is 2.14. The van der Waals surface area contributed by atoms with E-state index in [0.29, 0.717) is 17.6 Å². The van der Waals surface area contributed by atoms with Crippen LogP contribution in [0.2, 0.25) is 0 Å². The standard InChI is InChI=1S/C13H12F3NO3S/c14-9-2-1-8(11(15)12(9)16)13(20)17-3-4-21-6-7(17)5-10(18)19/h1-2,7H,3-6H2,(H,18,19). The van der Waals surface area contributed by atoms with E-state index in [0.717, 1.165) is 6.07 Å². The lowest BCUT2D eigenvalue weighted by Gasteiger charge is -2.34. The first-order valence-corrected chi connectivity index (χ1v) is 7.31. The van der Waals surface area contributed by atoms with E-state index in [4.69, 9.17) is 5.11 Å². The Bertz CT molecular complexity index is 582. The first-order chi connectivity index (χ1) is 9.91. The summed E-state index contributed by atoms with van der Waals surface area (Å²) in [6.45, 7) is 0.236. The molecule has 4 nitrogen and oxygen atoms in total. The molecule has 0 spiro atoms. The smallest absolute Gasteiger partial charge is 0.305 e. The molecule has 0 bridgehead atoms. The van der Waals surface area contributed by atoms with Crippen LogP contribution in [0.3, 0.4) is 0 Å². The average molecular weight is 319 g/mol. The molecule has 0 aromatic heterocycles. The van der Waals surface area contributed by atoms with Crippen LogP contribution in [-0.2, 0) is 4.79 Å². The number of amides is 1. The molecular formula is C13H12F3NO3S. The number of carboxylic acids is 1. The van der Waals surface area contributed by atoms with E-state index in [1.165, 1.54) is 16.7 Å². The molecule has 1 aliphatic rings. The first kappa shape index (κ1) is 15.7. The molecule has 1 aromatic rings. The molecule has 0 saturated carbocycles. The van der Waals surface area contributed by atoms with Gasteiger partial charge in [0.05, 0.1) is 18.0 Å². The van der Waals surface area contributed by atoms with Crippen LogP contribution < -0.4 is 0 Å². The second-order valence-electron chi connectivity index (χ2n) is 4.55. The zero-order chi connectivity index (χ0) is 15.6. The molecule has 1 aliphatic heterocycles. The maximum Gasteiger partial charge on any atom is 0.305 e. The topological polar surface area (TPSA) is 57.6 Å². The molecule has 1 amide bonds. The van der Waals surface area contributed by atoms with Gasteiger partial charge in [0.25, 0.3) is 5.91 Å². The van der Waals surface area contributed by atoms with Crippen LogP contribution in [0.25, 0.3) is 0 Å². The van der Waals surface area contributed by atoms with E-state index in [1.54, 1.807) is 0 Å². The monoisotopic (exact) mass is 319 g/mol. The highest BCUT2D eigenvalue weighted by Crippen LogP contribution is 2.23. The lowest BCUT2D eigenvalue weighted by atomic mass is 10.1. The van der Waals surface area contributed by atoms with Gasteiger partial charge in [-0.05, 0) is 12.1 Å². The Hall–Kier alpha value is -1.70. The molecule has 1 saturated heterocycles. The lowest BCUT2D eigenvalue weighted by Crippen LogP contribution is -2.47. The normalized spacial score (nSPS) is 18.6. The maximum absolute atomic E-state index is 13.7. The summed E-state index contributed by atoms with van der Waals surface area (Å²) in [6, 6.07) is 0.952. The number of carboxylic acid groups (broad SMARTS) is 1. The molecular weight excluding hydrogens is 307 g/mol. The molecule has 0 radical (unpaired) electrons. The SMILES string of the molecule is O=C(O)CC1CSCCN1C(=O)c1ccc(F)c(F)c1F. The van der Waals surface area contributed by atoms with E-state index < -0.39 is 40.9 Å². The highest BCUT2D eigenvalue weighted by molar-refractivity contribution is 7.99. The van der Waals surface area contributed by atoms with Crippen LogP contribution in [0, 0.1) is 17.5 Å². The van der Waals surface area contributed by atoms with Gasteiger partial charge in [-0.1, -0.05) is 0 Å². The largest absolute Gasteiger partial charge is 0.481 e. The van der Waals surface area contributed by atoms with Crippen molar-refractivity contribution in [2.24, 2.45) is 0 Å². The zero-order valence-corrected chi connectivity index (χ0v) is 11.6. The zero-order valence-electron chi connectivity index (χ0n) is 10.8. The first-order valence-electron chi connectivity index (χ1n) is 6.15. The summed E-state index contributed by atoms with van der Waals surface area (Å²) in [4.78, 5) is 24.3. The number of benzene rings is 1. The Balaban J connectivity index is 2.29. The summed E-state index contributed by atoms with van der Waals surface area (Å²) >= 11 is 1.49. The lowest BCUT2D eigenvalue weighted by molar-refractivity contribution is -0.138. The van der Waals surface area contributed by atoms with Crippen molar-refractivity contribution in [3.63, 3.8) is 0 Å². The molecule has 1 atom stereocenters. The summed E-state index contributed by atoms with van der Waals surface area (Å²) in [5, 5.41) is 8.84. The van der Waals surface area contributed by atoms with E-state index in [1.807, 2.05) is 0 Å². The van der Waals surface area contributed by atoms with Gasteiger partial charge in [0.2, 0.25) is 0 Å². The molecule has 2 rings (SSSR count). The van der Waals surface area contributed by atoms with Crippen LogP contribution in [0.1, 0.15) is 16.8 Å². The molecule has 1 aromatic carbocycles. The van der Waals surface area contributed by atoms with Crippen molar-refractivity contribution in [1.82, 2.24) is 4.90 Å². The quantitative estimate of drug-likeness (QED) is 0.867. The number of nitrogens with zero attached hydrogens (tertiary/aromatic N) is 1. The molecule has 0 aliphatic carbocycles. The average Bonchev–Trinajstić information content (AvgIpc) is 2.44. The number of carbonyl (C=O) groups excluding carboxylic acids is 1. The Kier molecular flexibility index (Phi) is 4.76. The highest BCUT2D eigenvalue weighted by Gasteiger charge is 2.31. The van der Waals surface area contributed by atoms with E-state index >= 15 is 0 Å². The number of carbonyl (C=O) groups is 2. The molecule has 1 N–H and O–H groups in total. The van der Waals surface area contributed by atoms with Crippen LogP contribution in [0.4, 0.5) is 13.2 Å². The fourth-order valence-corrected chi connectivity index (χ4v) is 3.20. The van der Waals surface area contributed by atoms with Gasteiger partial charge in [0.1, 0.15) is 0 Å². The van der Waals surface area contributed by atoms with E-state index in [-0.39, 0.29) is 13.0 Å². The van der Waals surface area contributed by atoms with Gasteiger partial charge in [0.15, 0.2) is 17.5 Å². The highest BCUT2D eigenvalue weighted by atomic mass is 32.2. The number of thioether (sulfide) groups is 1. The molecule has 1 heterocycles. The Morgan fingerprint density at radius 1 is 1.29 bits per heavy atom. The third kappa shape index (κ3) is 3.31. The molecule has 114 valence electrons. The second-order valence-corrected chi connectivity index (χ2v) is 5.70. The summed E-state index contributed by atoms with van der Waals surface area (Å²) in [5.41, 5.74) is -0.587. The van der Waals surface area contributed by atoms with E-state index in [2.05, 4.69) is 0 Å². The van der Waals surface area contributed by atoms with Crippen LogP contribution in [0.15, 0.2) is 12.1 Å². The van der Waals surface area contributed by atoms with Gasteiger partial charge in [0, 0.05) is 18.1 Å². The van der Waals surface area contributed by atoms with Gasteiger partial charge >= 0.3 is 5.97 Å². The minimum absolute atomic E-state index is 0.236. The van der Waals surface area contributed by atoms with Gasteiger partial charge in [-0.15, -0.1) is 0 Å². The second kappa shape index (κ2) is 6.38. The predicted octanol–water partition coefficient (Wildman–Crippen LogP) is 2.14. The molecule has 1 fully saturated rings. The van der Waals surface area contributed by atoms with Crippen molar-refractivity contribution in [2.75, 3.05) is 18.1 Å². The minimum atomic E-state index is -1.71. The number of rotatable bonds is 3. The molecule has 21 heavy (non-hydrogen) atoms. The number of aliphatic carboxylic acids is 1. The maximum atomic E-state index is 13.7. The Morgan fingerprint density at radius 3 is 2.67 bits per heavy atom. The summed E-state index contributed by atoms with van der Waals surface area (Å²) in [7, 11) is 0. The Labute approximate surface area is 122 Å². The number of hydrogen-bond donors (Lipinski definition) is 1. The molecule has 8 heteroatoms. The van der Waals surface area contributed by atoms with Crippen molar-refractivity contribution in [3.8, 4) is 0 Å². The fraction of sp³-hybridized carbons (Fsp3) is 0.385.